The van der Waals surface area contributed by atoms with Gasteiger partial charge in [-0.25, -0.2) is 4.98 Å². The summed E-state index contributed by atoms with van der Waals surface area (Å²) >= 11 is 1.21. The average molecular weight is 363 g/mol. The highest BCUT2D eigenvalue weighted by atomic mass is 32.1. The number of carbonyl (C=O) groups excluding carboxylic acids is 2. The first-order valence-corrected chi connectivity index (χ1v) is 8.62. The van der Waals surface area contributed by atoms with Crippen LogP contribution in [0.5, 0.6) is 0 Å². The number of hydrogen-bond acceptors (Lipinski definition) is 6. The first kappa shape index (κ1) is 19.0. The second kappa shape index (κ2) is 9.87. The Morgan fingerprint density at radius 1 is 1.12 bits per heavy atom. The standard InChI is InChI=1S/C17H21N3O4S/c1-23-10-8-20(9-11-24-2)16(22)14-12-25-17(18-14)19-15(21)13-6-4-3-5-7-13/h3-7,12H,8-11H2,1-2H3,(H,18,19,21). The molecule has 8 heteroatoms. The van der Waals surface area contributed by atoms with Crippen LogP contribution >= 0.6 is 11.3 Å². The van der Waals surface area contributed by atoms with Crippen molar-refractivity contribution in [3.63, 3.8) is 0 Å². The summed E-state index contributed by atoms with van der Waals surface area (Å²) in [5, 5.41) is 4.73. The number of rotatable bonds is 9. The van der Waals surface area contributed by atoms with Crippen molar-refractivity contribution in [3.05, 3.63) is 47.0 Å². The Kier molecular flexibility index (Phi) is 7.52. The molecule has 2 rings (SSSR count). The number of nitrogens with zero attached hydrogens (tertiary/aromatic N) is 2. The Bertz CT molecular complexity index is 682. The minimum absolute atomic E-state index is 0.217. The smallest absolute Gasteiger partial charge is 0.273 e. The number of carbonyl (C=O) groups is 2. The van der Waals surface area contributed by atoms with E-state index in [0.29, 0.717) is 42.7 Å². The van der Waals surface area contributed by atoms with Gasteiger partial charge in [0.05, 0.1) is 13.2 Å². The maximum atomic E-state index is 12.6. The molecule has 0 radical (unpaired) electrons. The number of benzene rings is 1. The maximum absolute atomic E-state index is 12.6. The zero-order valence-electron chi connectivity index (χ0n) is 14.2. The molecule has 134 valence electrons. The lowest BCUT2D eigenvalue weighted by Gasteiger charge is -2.20. The third-order valence-corrected chi connectivity index (χ3v) is 4.16. The summed E-state index contributed by atoms with van der Waals surface area (Å²) in [6.07, 6.45) is 0. The zero-order valence-corrected chi connectivity index (χ0v) is 15.0. The molecule has 0 saturated heterocycles. The Morgan fingerprint density at radius 3 is 2.36 bits per heavy atom. The molecular weight excluding hydrogens is 342 g/mol. The number of aromatic nitrogens is 1. The van der Waals surface area contributed by atoms with E-state index in [0.717, 1.165) is 0 Å². The summed E-state index contributed by atoms with van der Waals surface area (Å²) in [7, 11) is 3.16. The Morgan fingerprint density at radius 2 is 1.76 bits per heavy atom. The van der Waals surface area contributed by atoms with Crippen molar-refractivity contribution in [3.8, 4) is 0 Å². The van der Waals surface area contributed by atoms with E-state index in [9.17, 15) is 9.59 Å². The van der Waals surface area contributed by atoms with Gasteiger partial charge in [-0.2, -0.15) is 0 Å². The van der Waals surface area contributed by atoms with Crippen molar-refractivity contribution in [2.45, 2.75) is 0 Å². The van der Waals surface area contributed by atoms with Gasteiger partial charge in [-0.1, -0.05) is 18.2 Å². The molecule has 25 heavy (non-hydrogen) atoms. The molecule has 2 aromatic rings. The molecule has 0 aliphatic carbocycles. The van der Waals surface area contributed by atoms with E-state index >= 15 is 0 Å². The summed E-state index contributed by atoms with van der Waals surface area (Å²) < 4.78 is 10.1. The van der Waals surface area contributed by atoms with Crippen LogP contribution in [0.25, 0.3) is 0 Å². The highest BCUT2D eigenvalue weighted by Gasteiger charge is 2.19. The van der Waals surface area contributed by atoms with E-state index in [1.54, 1.807) is 48.8 Å². The second-order valence-electron chi connectivity index (χ2n) is 5.14. The topological polar surface area (TPSA) is 80.8 Å². The van der Waals surface area contributed by atoms with Crippen molar-refractivity contribution in [1.82, 2.24) is 9.88 Å². The van der Waals surface area contributed by atoms with Crippen molar-refractivity contribution < 1.29 is 19.1 Å². The number of hydrogen-bond donors (Lipinski definition) is 1. The van der Waals surface area contributed by atoms with E-state index in [-0.39, 0.29) is 11.8 Å². The molecule has 1 aromatic heterocycles. The summed E-state index contributed by atoms with van der Waals surface area (Å²) in [5.74, 6) is -0.477. The molecule has 7 nitrogen and oxygen atoms in total. The van der Waals surface area contributed by atoms with Gasteiger partial charge in [-0.15, -0.1) is 11.3 Å². The number of methoxy groups -OCH3 is 2. The van der Waals surface area contributed by atoms with Gasteiger partial charge < -0.3 is 14.4 Å². The van der Waals surface area contributed by atoms with Crippen molar-refractivity contribution in [1.29, 1.82) is 0 Å². The molecule has 0 fully saturated rings. The van der Waals surface area contributed by atoms with Gasteiger partial charge in [0.15, 0.2) is 5.13 Å². The largest absolute Gasteiger partial charge is 0.383 e. The van der Waals surface area contributed by atoms with Crippen LogP contribution in [0, 0.1) is 0 Å². The summed E-state index contributed by atoms with van der Waals surface area (Å²) in [6.45, 7) is 1.75. The number of thiazole rings is 1. The third-order valence-electron chi connectivity index (χ3n) is 3.40. The molecule has 0 bridgehead atoms. The van der Waals surface area contributed by atoms with E-state index in [1.165, 1.54) is 11.3 Å². The summed E-state index contributed by atoms with van der Waals surface area (Å²) in [6, 6.07) is 8.84. The fraction of sp³-hybridized carbons (Fsp3) is 0.353. The summed E-state index contributed by atoms with van der Waals surface area (Å²) in [4.78, 5) is 30.6. The van der Waals surface area contributed by atoms with E-state index in [1.807, 2.05) is 6.07 Å². The zero-order chi connectivity index (χ0) is 18.1. The monoisotopic (exact) mass is 363 g/mol. The Labute approximate surface area is 150 Å². The maximum Gasteiger partial charge on any atom is 0.273 e. The summed E-state index contributed by atoms with van der Waals surface area (Å²) in [5.41, 5.74) is 0.827. The second-order valence-corrected chi connectivity index (χ2v) is 5.99. The van der Waals surface area contributed by atoms with Gasteiger partial charge >= 0.3 is 0 Å². The van der Waals surface area contributed by atoms with Gasteiger partial charge in [0.25, 0.3) is 11.8 Å². The first-order chi connectivity index (χ1) is 12.2. The van der Waals surface area contributed by atoms with E-state index in [2.05, 4.69) is 10.3 Å². The van der Waals surface area contributed by atoms with Crippen molar-refractivity contribution in [2.24, 2.45) is 0 Å². The third kappa shape index (κ3) is 5.63. The lowest BCUT2D eigenvalue weighted by atomic mass is 10.2. The predicted octanol–water partition coefficient (Wildman–Crippen LogP) is 2.13. The minimum Gasteiger partial charge on any atom is -0.383 e. The van der Waals surface area contributed by atoms with Crippen molar-refractivity contribution in [2.75, 3.05) is 45.8 Å². The number of nitrogens with one attached hydrogen (secondary N) is 1. The van der Waals surface area contributed by atoms with Gasteiger partial charge in [0.2, 0.25) is 0 Å². The molecule has 0 aliphatic rings. The fourth-order valence-corrected chi connectivity index (χ4v) is 2.75. The Hall–Kier alpha value is -2.29. The molecule has 0 unspecified atom stereocenters. The number of anilines is 1. The minimum atomic E-state index is -0.260. The fourth-order valence-electron chi connectivity index (χ4n) is 2.07. The molecule has 0 atom stereocenters. The van der Waals surface area contributed by atoms with Crippen LogP contribution in [-0.2, 0) is 9.47 Å². The SMILES string of the molecule is COCCN(CCOC)C(=O)c1csc(NC(=O)c2ccccc2)n1. The molecule has 2 amide bonds. The van der Waals surface area contributed by atoms with Crippen molar-refractivity contribution >= 4 is 28.3 Å². The number of ether oxygens (including phenoxy) is 2. The molecule has 0 aliphatic heterocycles. The molecule has 1 aromatic carbocycles. The van der Waals surface area contributed by atoms with Crippen LogP contribution in [0.2, 0.25) is 0 Å². The van der Waals surface area contributed by atoms with Crippen LogP contribution in [0.4, 0.5) is 5.13 Å². The quantitative estimate of drug-likeness (QED) is 0.738. The molecule has 0 spiro atoms. The van der Waals surface area contributed by atoms with E-state index < -0.39 is 0 Å². The normalized spacial score (nSPS) is 10.5. The van der Waals surface area contributed by atoms with Crippen LogP contribution in [-0.4, -0.2) is 62.2 Å². The van der Waals surface area contributed by atoms with Crippen LogP contribution in [0.3, 0.4) is 0 Å². The average Bonchev–Trinajstić information content (AvgIpc) is 3.10. The Balaban J connectivity index is 2.02. The van der Waals surface area contributed by atoms with Gasteiger partial charge in [0.1, 0.15) is 5.69 Å². The predicted molar refractivity (Wildman–Crippen MR) is 96.2 cm³/mol. The van der Waals surface area contributed by atoms with E-state index in [4.69, 9.17) is 9.47 Å². The van der Waals surface area contributed by atoms with Crippen LogP contribution in [0.15, 0.2) is 35.7 Å². The molecule has 1 heterocycles. The molecule has 0 saturated carbocycles. The lowest BCUT2D eigenvalue weighted by molar-refractivity contribution is 0.0622. The molecule has 1 N–H and O–H groups in total. The first-order valence-electron chi connectivity index (χ1n) is 7.74. The highest BCUT2D eigenvalue weighted by Crippen LogP contribution is 2.18. The van der Waals surface area contributed by atoms with Gasteiger partial charge in [0, 0.05) is 38.3 Å². The lowest BCUT2D eigenvalue weighted by Crippen LogP contribution is -2.36. The van der Waals surface area contributed by atoms with Crippen LogP contribution < -0.4 is 5.32 Å². The number of amides is 2. The van der Waals surface area contributed by atoms with Gasteiger partial charge in [-0.05, 0) is 12.1 Å². The van der Waals surface area contributed by atoms with Crippen LogP contribution in [0.1, 0.15) is 20.8 Å². The highest BCUT2D eigenvalue weighted by molar-refractivity contribution is 7.14. The van der Waals surface area contributed by atoms with Gasteiger partial charge in [-0.3, -0.25) is 14.9 Å². The molecular formula is C17H21N3O4S.